The second-order valence-electron chi connectivity index (χ2n) is 3.26. The van der Waals surface area contributed by atoms with E-state index < -0.39 is 0 Å². The lowest BCUT2D eigenvalue weighted by Gasteiger charge is -2.08. The average Bonchev–Trinajstić information content (AvgIpc) is 2.04. The summed E-state index contributed by atoms with van der Waals surface area (Å²) in [4.78, 5) is 1.26. The summed E-state index contributed by atoms with van der Waals surface area (Å²) in [6.45, 7) is 4.35. The summed E-state index contributed by atoms with van der Waals surface area (Å²) >= 11 is 1.84. The molecule has 72 valence electrons. The van der Waals surface area contributed by atoms with Gasteiger partial charge in [0.1, 0.15) is 0 Å². The minimum absolute atomic E-state index is 0.363. The Morgan fingerprint density at radius 1 is 1.08 bits per heavy atom. The first-order valence-electron chi connectivity index (χ1n) is 4.37. The molecule has 1 aromatic carbocycles. The van der Waals surface area contributed by atoms with Crippen molar-refractivity contribution in [3.63, 3.8) is 0 Å². The first-order valence-corrected chi connectivity index (χ1v) is 5.25. The smallest absolute Gasteiger partial charge is 0.0784 e. The lowest BCUT2D eigenvalue weighted by Crippen LogP contribution is -2.19. The Morgan fingerprint density at radius 3 is 2.00 bits per heavy atom. The number of nitrogens with two attached hydrogens (primary N) is 2. The highest BCUT2D eigenvalue weighted by Gasteiger charge is 2.00. The molecule has 0 spiro atoms. The Labute approximate surface area is 83.7 Å². The van der Waals surface area contributed by atoms with Crippen molar-refractivity contribution in [3.05, 3.63) is 29.8 Å². The van der Waals surface area contributed by atoms with Crippen molar-refractivity contribution in [2.24, 2.45) is 11.5 Å². The van der Waals surface area contributed by atoms with E-state index in [4.69, 9.17) is 11.5 Å². The summed E-state index contributed by atoms with van der Waals surface area (Å²) < 4.78 is 0. The minimum Gasteiger partial charge on any atom is -0.312 e. The van der Waals surface area contributed by atoms with E-state index in [-0.39, 0.29) is 6.17 Å². The van der Waals surface area contributed by atoms with Crippen molar-refractivity contribution in [3.8, 4) is 0 Å². The second-order valence-corrected chi connectivity index (χ2v) is 4.91. The highest BCUT2D eigenvalue weighted by Crippen LogP contribution is 2.23. The molecule has 0 saturated carbocycles. The Kier molecular flexibility index (Phi) is 3.78. The number of hydrogen-bond acceptors (Lipinski definition) is 3. The predicted octanol–water partition coefficient (Wildman–Crippen LogP) is 2.10. The van der Waals surface area contributed by atoms with Crippen molar-refractivity contribution in [1.82, 2.24) is 0 Å². The predicted molar refractivity (Wildman–Crippen MR) is 58.6 cm³/mol. The van der Waals surface area contributed by atoms with Crippen LogP contribution in [0.3, 0.4) is 0 Å². The van der Waals surface area contributed by atoms with E-state index in [0.29, 0.717) is 5.25 Å². The Hall–Kier alpha value is -0.510. The van der Waals surface area contributed by atoms with Gasteiger partial charge in [0.2, 0.25) is 0 Å². The molecule has 2 nitrogen and oxygen atoms in total. The molecule has 3 heteroatoms. The quantitative estimate of drug-likeness (QED) is 0.575. The van der Waals surface area contributed by atoms with Crippen LogP contribution in [0.1, 0.15) is 25.6 Å². The summed E-state index contributed by atoms with van der Waals surface area (Å²) in [5.74, 6) is 0. The molecule has 0 fully saturated rings. The van der Waals surface area contributed by atoms with Crippen molar-refractivity contribution in [2.75, 3.05) is 0 Å². The molecule has 13 heavy (non-hydrogen) atoms. The van der Waals surface area contributed by atoms with Gasteiger partial charge in [0, 0.05) is 10.1 Å². The molecule has 1 aromatic rings. The third kappa shape index (κ3) is 3.38. The normalized spacial score (nSPS) is 11.2. The van der Waals surface area contributed by atoms with Crippen LogP contribution >= 0.6 is 11.8 Å². The van der Waals surface area contributed by atoms with Crippen molar-refractivity contribution >= 4 is 11.8 Å². The number of rotatable bonds is 3. The Balaban J connectivity index is 2.70. The van der Waals surface area contributed by atoms with E-state index >= 15 is 0 Å². The molecule has 0 aliphatic carbocycles. The summed E-state index contributed by atoms with van der Waals surface area (Å²) in [5.41, 5.74) is 12.1. The maximum absolute atomic E-state index is 5.54. The third-order valence-corrected chi connectivity index (χ3v) is 2.65. The van der Waals surface area contributed by atoms with Gasteiger partial charge in [-0.25, -0.2) is 0 Å². The van der Waals surface area contributed by atoms with Gasteiger partial charge in [-0.1, -0.05) is 26.0 Å². The van der Waals surface area contributed by atoms with Gasteiger partial charge in [-0.3, -0.25) is 0 Å². The summed E-state index contributed by atoms with van der Waals surface area (Å²) in [6, 6.07) is 8.09. The van der Waals surface area contributed by atoms with Gasteiger partial charge >= 0.3 is 0 Å². The van der Waals surface area contributed by atoms with Crippen LogP contribution in [0, 0.1) is 0 Å². The van der Waals surface area contributed by atoms with Crippen LogP contribution in [0.5, 0.6) is 0 Å². The monoisotopic (exact) mass is 196 g/mol. The van der Waals surface area contributed by atoms with Crippen LogP contribution in [0.2, 0.25) is 0 Å². The molecule has 0 saturated heterocycles. The fraction of sp³-hybridized carbons (Fsp3) is 0.400. The highest BCUT2D eigenvalue weighted by atomic mass is 32.2. The first-order chi connectivity index (χ1) is 6.09. The Bertz CT molecular complexity index is 254. The van der Waals surface area contributed by atoms with E-state index in [9.17, 15) is 0 Å². The van der Waals surface area contributed by atoms with Crippen LogP contribution in [0.25, 0.3) is 0 Å². The molecule has 1 rings (SSSR count). The van der Waals surface area contributed by atoms with Crippen LogP contribution < -0.4 is 11.5 Å². The molecular weight excluding hydrogens is 180 g/mol. The zero-order valence-corrected chi connectivity index (χ0v) is 8.84. The van der Waals surface area contributed by atoms with Crippen molar-refractivity contribution in [2.45, 2.75) is 30.2 Å². The molecule has 4 N–H and O–H groups in total. The largest absolute Gasteiger partial charge is 0.312 e. The SMILES string of the molecule is CC(C)Sc1ccc(C(N)N)cc1. The molecule has 0 radical (unpaired) electrons. The van der Waals surface area contributed by atoms with E-state index in [2.05, 4.69) is 26.0 Å². The number of hydrogen-bond donors (Lipinski definition) is 2. The minimum atomic E-state index is -0.363. The third-order valence-electron chi connectivity index (χ3n) is 1.64. The van der Waals surface area contributed by atoms with Gasteiger partial charge in [0.05, 0.1) is 6.17 Å². The first kappa shape index (κ1) is 10.6. The van der Waals surface area contributed by atoms with Gasteiger partial charge in [-0.2, -0.15) is 0 Å². The maximum Gasteiger partial charge on any atom is 0.0784 e. The van der Waals surface area contributed by atoms with Gasteiger partial charge in [-0.05, 0) is 17.7 Å². The molecule has 0 amide bonds. The molecule has 0 bridgehead atoms. The van der Waals surface area contributed by atoms with Crippen molar-refractivity contribution < 1.29 is 0 Å². The molecule has 0 heterocycles. The second kappa shape index (κ2) is 4.65. The fourth-order valence-electron chi connectivity index (χ4n) is 1.04. The van der Waals surface area contributed by atoms with Gasteiger partial charge in [0.15, 0.2) is 0 Å². The number of benzene rings is 1. The van der Waals surface area contributed by atoms with Crippen molar-refractivity contribution in [1.29, 1.82) is 0 Å². The lowest BCUT2D eigenvalue weighted by molar-refractivity contribution is 0.772. The van der Waals surface area contributed by atoms with Gasteiger partial charge in [0.25, 0.3) is 0 Å². The van der Waals surface area contributed by atoms with E-state index in [0.717, 1.165) is 5.56 Å². The zero-order valence-electron chi connectivity index (χ0n) is 8.03. The fourth-order valence-corrected chi connectivity index (χ4v) is 1.88. The molecular formula is C10H16N2S. The molecule has 0 aliphatic rings. The molecule has 0 unspecified atom stereocenters. The molecule has 0 aliphatic heterocycles. The molecule has 0 aromatic heterocycles. The summed E-state index contributed by atoms with van der Waals surface area (Å²) in [5, 5.41) is 0.609. The van der Waals surface area contributed by atoms with E-state index in [1.54, 1.807) is 0 Å². The average molecular weight is 196 g/mol. The summed E-state index contributed by atoms with van der Waals surface area (Å²) in [6.07, 6.45) is -0.363. The van der Waals surface area contributed by atoms with Gasteiger partial charge < -0.3 is 11.5 Å². The number of thioether (sulfide) groups is 1. The Morgan fingerprint density at radius 2 is 1.62 bits per heavy atom. The topological polar surface area (TPSA) is 52.0 Å². The lowest BCUT2D eigenvalue weighted by atomic mass is 10.2. The van der Waals surface area contributed by atoms with Gasteiger partial charge in [-0.15, -0.1) is 11.8 Å². The summed E-state index contributed by atoms with van der Waals surface area (Å²) in [7, 11) is 0. The van der Waals surface area contributed by atoms with E-state index in [1.165, 1.54) is 4.90 Å². The van der Waals surface area contributed by atoms with Crippen LogP contribution in [0.15, 0.2) is 29.2 Å². The van der Waals surface area contributed by atoms with Crippen LogP contribution in [0.4, 0.5) is 0 Å². The van der Waals surface area contributed by atoms with E-state index in [1.807, 2.05) is 23.9 Å². The van der Waals surface area contributed by atoms with Crippen LogP contribution in [-0.2, 0) is 0 Å². The zero-order chi connectivity index (χ0) is 9.84. The highest BCUT2D eigenvalue weighted by molar-refractivity contribution is 7.99. The standard InChI is InChI=1S/C10H16N2S/c1-7(2)13-9-5-3-8(4-6-9)10(11)12/h3-7,10H,11-12H2,1-2H3. The maximum atomic E-state index is 5.54. The van der Waals surface area contributed by atoms with Crippen LogP contribution in [-0.4, -0.2) is 5.25 Å². The molecule has 0 atom stereocenters.